The number of hydrogen-bond acceptors (Lipinski definition) is 3. The van der Waals surface area contributed by atoms with Crippen LogP contribution in [-0.4, -0.2) is 75.3 Å². The van der Waals surface area contributed by atoms with E-state index in [1.54, 1.807) is 7.11 Å². The highest BCUT2D eigenvalue weighted by atomic mass is 127. The SMILES string of the molecule is CCNC(=NCCC1CCN(CC)CC1)N1CCC(COC)C1.I. The van der Waals surface area contributed by atoms with E-state index in [1.165, 1.54) is 45.3 Å². The monoisotopic (exact) mass is 452 g/mol. The van der Waals surface area contributed by atoms with Crippen LogP contribution in [0.1, 0.15) is 39.5 Å². The lowest BCUT2D eigenvalue weighted by molar-refractivity contribution is 0.157. The van der Waals surface area contributed by atoms with Gasteiger partial charge in [0.1, 0.15) is 0 Å². The van der Waals surface area contributed by atoms with Crippen LogP contribution in [0.2, 0.25) is 0 Å². The summed E-state index contributed by atoms with van der Waals surface area (Å²) < 4.78 is 5.30. The highest BCUT2D eigenvalue weighted by molar-refractivity contribution is 14.0. The molecule has 0 bridgehead atoms. The number of aliphatic imine (C=N–C) groups is 1. The van der Waals surface area contributed by atoms with Crippen LogP contribution < -0.4 is 5.32 Å². The fraction of sp³-hybridized carbons (Fsp3) is 0.944. The molecule has 0 aromatic heterocycles. The summed E-state index contributed by atoms with van der Waals surface area (Å²) >= 11 is 0. The molecule has 0 aromatic carbocycles. The fourth-order valence-corrected chi connectivity index (χ4v) is 3.77. The van der Waals surface area contributed by atoms with E-state index in [0.29, 0.717) is 5.92 Å². The lowest BCUT2D eigenvalue weighted by atomic mass is 9.94. The number of likely N-dealkylation sites (tertiary alicyclic amines) is 2. The first-order valence-corrected chi connectivity index (χ1v) is 9.51. The molecular weight excluding hydrogens is 415 g/mol. The van der Waals surface area contributed by atoms with Gasteiger partial charge in [-0.3, -0.25) is 4.99 Å². The summed E-state index contributed by atoms with van der Waals surface area (Å²) in [6.07, 6.45) is 5.15. The first-order chi connectivity index (χ1) is 11.3. The minimum atomic E-state index is 0. The van der Waals surface area contributed by atoms with Gasteiger partial charge in [-0.15, -0.1) is 24.0 Å². The summed E-state index contributed by atoms with van der Waals surface area (Å²) in [5.74, 6) is 2.63. The average molecular weight is 452 g/mol. The Hall–Kier alpha value is -0.0800. The summed E-state index contributed by atoms with van der Waals surface area (Å²) in [6, 6.07) is 0. The van der Waals surface area contributed by atoms with Gasteiger partial charge in [-0.2, -0.15) is 0 Å². The Kier molecular flexibility index (Phi) is 11.3. The molecule has 5 nitrogen and oxygen atoms in total. The van der Waals surface area contributed by atoms with Gasteiger partial charge >= 0.3 is 0 Å². The van der Waals surface area contributed by atoms with Crippen molar-refractivity contribution in [1.82, 2.24) is 15.1 Å². The molecule has 142 valence electrons. The number of hydrogen-bond donors (Lipinski definition) is 1. The first kappa shape index (κ1) is 22.0. The van der Waals surface area contributed by atoms with Crippen molar-refractivity contribution in [2.75, 3.05) is 59.5 Å². The van der Waals surface area contributed by atoms with Gasteiger partial charge in [0.05, 0.1) is 6.61 Å². The fourth-order valence-electron chi connectivity index (χ4n) is 3.77. The number of piperidine rings is 1. The zero-order valence-corrected chi connectivity index (χ0v) is 18.1. The quantitative estimate of drug-likeness (QED) is 0.367. The van der Waals surface area contributed by atoms with Crippen molar-refractivity contribution >= 4 is 29.9 Å². The maximum Gasteiger partial charge on any atom is 0.193 e. The molecule has 0 radical (unpaired) electrons. The second kappa shape index (κ2) is 12.3. The third-order valence-corrected chi connectivity index (χ3v) is 5.28. The van der Waals surface area contributed by atoms with Crippen LogP contribution in [0.25, 0.3) is 0 Å². The molecular formula is C18H37IN4O. The predicted molar refractivity (Wildman–Crippen MR) is 112 cm³/mol. The van der Waals surface area contributed by atoms with Gasteiger partial charge in [-0.25, -0.2) is 0 Å². The molecule has 1 N–H and O–H groups in total. The van der Waals surface area contributed by atoms with Crippen LogP contribution in [0.3, 0.4) is 0 Å². The molecule has 0 aromatic rings. The largest absolute Gasteiger partial charge is 0.384 e. The number of nitrogens with zero attached hydrogens (tertiary/aromatic N) is 3. The molecule has 0 amide bonds. The van der Waals surface area contributed by atoms with Crippen molar-refractivity contribution in [1.29, 1.82) is 0 Å². The third kappa shape index (κ3) is 7.04. The molecule has 2 aliphatic heterocycles. The zero-order valence-electron chi connectivity index (χ0n) is 15.8. The Balaban J connectivity index is 0.00000288. The van der Waals surface area contributed by atoms with Crippen molar-refractivity contribution in [3.05, 3.63) is 0 Å². The van der Waals surface area contributed by atoms with Crippen molar-refractivity contribution in [2.24, 2.45) is 16.8 Å². The van der Waals surface area contributed by atoms with Gasteiger partial charge in [-0.05, 0) is 58.2 Å². The number of nitrogens with one attached hydrogen (secondary N) is 1. The third-order valence-electron chi connectivity index (χ3n) is 5.28. The summed E-state index contributed by atoms with van der Waals surface area (Å²) in [4.78, 5) is 9.87. The lowest BCUT2D eigenvalue weighted by Gasteiger charge is -2.30. The van der Waals surface area contributed by atoms with Gasteiger partial charge in [-0.1, -0.05) is 6.92 Å². The van der Waals surface area contributed by atoms with E-state index in [-0.39, 0.29) is 24.0 Å². The van der Waals surface area contributed by atoms with Crippen LogP contribution in [0.5, 0.6) is 0 Å². The molecule has 1 unspecified atom stereocenters. The Morgan fingerprint density at radius 1 is 1.12 bits per heavy atom. The zero-order chi connectivity index (χ0) is 16.5. The van der Waals surface area contributed by atoms with Gasteiger partial charge in [0, 0.05) is 39.2 Å². The maximum absolute atomic E-state index is 5.30. The molecule has 6 heteroatoms. The molecule has 2 fully saturated rings. The van der Waals surface area contributed by atoms with Gasteiger partial charge < -0.3 is 19.9 Å². The van der Waals surface area contributed by atoms with Gasteiger partial charge in [0.15, 0.2) is 5.96 Å². The van der Waals surface area contributed by atoms with E-state index >= 15 is 0 Å². The number of halogens is 1. The van der Waals surface area contributed by atoms with E-state index in [9.17, 15) is 0 Å². The highest BCUT2D eigenvalue weighted by Gasteiger charge is 2.24. The first-order valence-electron chi connectivity index (χ1n) is 9.51. The maximum atomic E-state index is 5.30. The number of ether oxygens (including phenoxy) is 1. The van der Waals surface area contributed by atoms with E-state index in [1.807, 2.05) is 0 Å². The Morgan fingerprint density at radius 3 is 2.46 bits per heavy atom. The van der Waals surface area contributed by atoms with Crippen LogP contribution in [0, 0.1) is 11.8 Å². The minimum Gasteiger partial charge on any atom is -0.384 e. The van der Waals surface area contributed by atoms with Crippen LogP contribution >= 0.6 is 24.0 Å². The Labute approximate surface area is 165 Å². The number of guanidine groups is 1. The topological polar surface area (TPSA) is 40.1 Å². The Morgan fingerprint density at radius 2 is 1.83 bits per heavy atom. The van der Waals surface area contributed by atoms with Gasteiger partial charge in [0.25, 0.3) is 0 Å². The van der Waals surface area contributed by atoms with Crippen molar-refractivity contribution in [3.8, 4) is 0 Å². The Bertz CT molecular complexity index is 359. The summed E-state index contributed by atoms with van der Waals surface area (Å²) in [5, 5.41) is 3.47. The van der Waals surface area contributed by atoms with E-state index in [0.717, 1.165) is 44.7 Å². The molecule has 0 aliphatic carbocycles. The van der Waals surface area contributed by atoms with E-state index in [4.69, 9.17) is 9.73 Å². The molecule has 2 saturated heterocycles. The standard InChI is InChI=1S/C18H36N4O.HI/c1-4-19-18(22-13-9-17(14-22)15-23-3)20-10-6-16-7-11-21(5-2)12-8-16;/h16-17H,4-15H2,1-3H3,(H,19,20);1H. The van der Waals surface area contributed by atoms with E-state index in [2.05, 4.69) is 29.0 Å². The van der Waals surface area contributed by atoms with Gasteiger partial charge in [0.2, 0.25) is 0 Å². The summed E-state index contributed by atoms with van der Waals surface area (Å²) in [5.41, 5.74) is 0. The van der Waals surface area contributed by atoms with Crippen LogP contribution in [0.4, 0.5) is 0 Å². The molecule has 0 saturated carbocycles. The smallest absolute Gasteiger partial charge is 0.193 e. The predicted octanol–water partition coefficient (Wildman–Crippen LogP) is 2.66. The van der Waals surface area contributed by atoms with E-state index < -0.39 is 0 Å². The van der Waals surface area contributed by atoms with Crippen molar-refractivity contribution in [3.63, 3.8) is 0 Å². The van der Waals surface area contributed by atoms with Crippen molar-refractivity contribution in [2.45, 2.75) is 39.5 Å². The lowest BCUT2D eigenvalue weighted by Crippen LogP contribution is -2.40. The number of rotatable bonds is 7. The highest BCUT2D eigenvalue weighted by Crippen LogP contribution is 2.20. The average Bonchev–Trinajstić information content (AvgIpc) is 3.03. The molecule has 1 atom stereocenters. The molecule has 0 spiro atoms. The number of methoxy groups -OCH3 is 1. The minimum absolute atomic E-state index is 0. The van der Waals surface area contributed by atoms with Crippen molar-refractivity contribution < 1.29 is 4.74 Å². The summed E-state index contributed by atoms with van der Waals surface area (Å²) in [6.45, 7) is 13.1. The summed E-state index contributed by atoms with van der Waals surface area (Å²) in [7, 11) is 1.80. The van der Waals surface area contributed by atoms with Crippen LogP contribution in [0.15, 0.2) is 4.99 Å². The molecule has 2 heterocycles. The normalized spacial score (nSPS) is 23.4. The second-order valence-corrected chi connectivity index (χ2v) is 6.96. The molecule has 2 aliphatic rings. The molecule has 24 heavy (non-hydrogen) atoms. The molecule has 2 rings (SSSR count). The second-order valence-electron chi connectivity index (χ2n) is 6.96. The van der Waals surface area contributed by atoms with Crippen LogP contribution in [-0.2, 0) is 4.74 Å².